The van der Waals surface area contributed by atoms with Crippen LogP contribution in [0.2, 0.25) is 0 Å². The third kappa shape index (κ3) is 4.33. The lowest BCUT2D eigenvalue weighted by Crippen LogP contribution is -2.48. The van der Waals surface area contributed by atoms with E-state index in [1.54, 1.807) is 38.4 Å². The van der Waals surface area contributed by atoms with Crippen molar-refractivity contribution in [3.8, 4) is 11.5 Å². The topological polar surface area (TPSA) is 84.0 Å². The van der Waals surface area contributed by atoms with Gasteiger partial charge in [-0.25, -0.2) is 4.98 Å². The average molecular weight is 384 g/mol. The highest BCUT2D eigenvalue weighted by Crippen LogP contribution is 2.28. The molecule has 2 heterocycles. The van der Waals surface area contributed by atoms with Gasteiger partial charge in [0, 0.05) is 38.7 Å². The Hall–Kier alpha value is -3.29. The van der Waals surface area contributed by atoms with Gasteiger partial charge in [0.15, 0.2) is 11.5 Å². The standard InChI is InChI=1S/C20H24N4O4/c1-14(25)23-8-10-24(11-9-23)19-7-5-16(13-21-19)22-20(26)15-4-6-17(27-2)18(12-15)28-3/h4-7,12-13H,8-11H2,1-3H3,(H,22,26). The molecule has 148 valence electrons. The molecule has 8 heteroatoms. The van der Waals surface area contributed by atoms with Crippen LogP contribution in [0.1, 0.15) is 17.3 Å². The first-order valence-electron chi connectivity index (χ1n) is 9.01. The fraction of sp³-hybridized carbons (Fsp3) is 0.350. The number of methoxy groups -OCH3 is 2. The van der Waals surface area contributed by atoms with E-state index in [-0.39, 0.29) is 11.8 Å². The fourth-order valence-electron chi connectivity index (χ4n) is 3.08. The zero-order chi connectivity index (χ0) is 20.1. The number of anilines is 2. The lowest BCUT2D eigenvalue weighted by Gasteiger charge is -2.34. The second kappa shape index (κ2) is 8.60. The first-order valence-corrected chi connectivity index (χ1v) is 9.01. The number of nitrogens with zero attached hydrogens (tertiary/aromatic N) is 3. The molecule has 0 spiro atoms. The summed E-state index contributed by atoms with van der Waals surface area (Å²) < 4.78 is 10.4. The lowest BCUT2D eigenvalue weighted by atomic mass is 10.2. The van der Waals surface area contributed by atoms with E-state index in [0.717, 1.165) is 18.9 Å². The van der Waals surface area contributed by atoms with Gasteiger partial charge in [0.1, 0.15) is 5.82 Å². The fourth-order valence-corrected chi connectivity index (χ4v) is 3.08. The maximum Gasteiger partial charge on any atom is 0.255 e. The first kappa shape index (κ1) is 19.5. The molecule has 2 aromatic rings. The van der Waals surface area contributed by atoms with E-state index in [9.17, 15) is 9.59 Å². The third-order valence-electron chi connectivity index (χ3n) is 4.70. The lowest BCUT2D eigenvalue weighted by molar-refractivity contribution is -0.129. The van der Waals surface area contributed by atoms with E-state index in [1.807, 2.05) is 17.0 Å². The van der Waals surface area contributed by atoms with Gasteiger partial charge >= 0.3 is 0 Å². The van der Waals surface area contributed by atoms with Crippen molar-refractivity contribution in [3.05, 3.63) is 42.1 Å². The highest BCUT2D eigenvalue weighted by atomic mass is 16.5. The minimum absolute atomic E-state index is 0.0980. The molecule has 8 nitrogen and oxygen atoms in total. The molecule has 1 fully saturated rings. The molecule has 0 unspecified atom stereocenters. The second-order valence-corrected chi connectivity index (χ2v) is 6.42. The Morgan fingerprint density at radius 2 is 1.71 bits per heavy atom. The molecule has 1 saturated heterocycles. The summed E-state index contributed by atoms with van der Waals surface area (Å²) in [6, 6.07) is 8.68. The SMILES string of the molecule is COc1ccc(C(=O)Nc2ccc(N3CCN(C(C)=O)CC3)nc2)cc1OC. The average Bonchev–Trinajstić information content (AvgIpc) is 2.73. The number of amides is 2. The smallest absolute Gasteiger partial charge is 0.255 e. The van der Waals surface area contributed by atoms with Crippen molar-refractivity contribution in [2.75, 3.05) is 50.6 Å². The summed E-state index contributed by atoms with van der Waals surface area (Å²) in [4.78, 5) is 32.3. The molecule has 3 rings (SSSR count). The van der Waals surface area contributed by atoms with Crippen LogP contribution >= 0.6 is 0 Å². The number of pyridine rings is 1. The predicted octanol–water partition coefficient (Wildman–Crippen LogP) is 2.02. The Bertz CT molecular complexity index is 846. The first-order chi connectivity index (χ1) is 13.5. The van der Waals surface area contributed by atoms with Crippen LogP contribution in [0.4, 0.5) is 11.5 Å². The van der Waals surface area contributed by atoms with E-state index in [2.05, 4.69) is 15.2 Å². The van der Waals surface area contributed by atoms with Crippen LogP contribution in [-0.4, -0.2) is 62.1 Å². The number of hydrogen-bond donors (Lipinski definition) is 1. The molecular weight excluding hydrogens is 360 g/mol. The molecule has 0 radical (unpaired) electrons. The summed E-state index contributed by atoms with van der Waals surface area (Å²) in [5, 5.41) is 2.83. The van der Waals surface area contributed by atoms with Gasteiger partial charge in [0.25, 0.3) is 5.91 Å². The Kier molecular flexibility index (Phi) is 5.98. The highest BCUT2D eigenvalue weighted by molar-refractivity contribution is 6.04. The maximum atomic E-state index is 12.5. The monoisotopic (exact) mass is 384 g/mol. The van der Waals surface area contributed by atoms with E-state index in [4.69, 9.17) is 9.47 Å². The van der Waals surface area contributed by atoms with Gasteiger partial charge in [-0.15, -0.1) is 0 Å². The Labute approximate surface area is 164 Å². The molecule has 1 aromatic heterocycles. The summed E-state index contributed by atoms with van der Waals surface area (Å²) in [6.07, 6.45) is 1.63. The van der Waals surface area contributed by atoms with Crippen LogP contribution in [-0.2, 0) is 4.79 Å². The van der Waals surface area contributed by atoms with Crippen LogP contribution in [0, 0.1) is 0 Å². The molecule has 0 atom stereocenters. The molecule has 1 aromatic carbocycles. The zero-order valence-corrected chi connectivity index (χ0v) is 16.3. The molecule has 0 saturated carbocycles. The molecular formula is C20H24N4O4. The van der Waals surface area contributed by atoms with Gasteiger partial charge in [-0.1, -0.05) is 0 Å². The Morgan fingerprint density at radius 3 is 2.29 bits per heavy atom. The van der Waals surface area contributed by atoms with Gasteiger partial charge < -0.3 is 24.6 Å². The summed E-state index contributed by atoms with van der Waals surface area (Å²) in [6.45, 7) is 4.45. The van der Waals surface area contributed by atoms with Gasteiger partial charge in [-0.05, 0) is 30.3 Å². The van der Waals surface area contributed by atoms with Crippen LogP contribution < -0.4 is 19.7 Å². The molecule has 1 N–H and O–H groups in total. The summed E-state index contributed by atoms with van der Waals surface area (Å²) in [5.41, 5.74) is 1.06. The van der Waals surface area contributed by atoms with Crippen LogP contribution in [0.5, 0.6) is 11.5 Å². The second-order valence-electron chi connectivity index (χ2n) is 6.42. The van der Waals surface area contributed by atoms with Crippen molar-refractivity contribution < 1.29 is 19.1 Å². The molecule has 0 bridgehead atoms. The van der Waals surface area contributed by atoms with Crippen molar-refractivity contribution in [2.24, 2.45) is 0 Å². The maximum absolute atomic E-state index is 12.5. The zero-order valence-electron chi connectivity index (χ0n) is 16.3. The van der Waals surface area contributed by atoms with Crippen LogP contribution in [0.3, 0.4) is 0 Å². The number of nitrogens with one attached hydrogen (secondary N) is 1. The van der Waals surface area contributed by atoms with Crippen LogP contribution in [0.15, 0.2) is 36.5 Å². The normalized spacial score (nSPS) is 13.8. The van der Waals surface area contributed by atoms with E-state index < -0.39 is 0 Å². The highest BCUT2D eigenvalue weighted by Gasteiger charge is 2.19. The van der Waals surface area contributed by atoms with Gasteiger partial charge in [0.05, 0.1) is 26.1 Å². The quantitative estimate of drug-likeness (QED) is 0.849. The number of ether oxygens (including phenoxy) is 2. The van der Waals surface area contributed by atoms with Gasteiger partial charge in [-0.3, -0.25) is 9.59 Å². The van der Waals surface area contributed by atoms with E-state index in [0.29, 0.717) is 35.8 Å². The summed E-state index contributed by atoms with van der Waals surface area (Å²) in [5.74, 6) is 1.72. The number of piperazine rings is 1. The largest absolute Gasteiger partial charge is 0.493 e. The summed E-state index contributed by atoms with van der Waals surface area (Å²) in [7, 11) is 3.07. The van der Waals surface area contributed by atoms with Crippen molar-refractivity contribution >= 4 is 23.3 Å². The van der Waals surface area contributed by atoms with Crippen LogP contribution in [0.25, 0.3) is 0 Å². The minimum atomic E-state index is -0.259. The van der Waals surface area contributed by atoms with Crippen molar-refractivity contribution in [2.45, 2.75) is 6.92 Å². The molecule has 2 amide bonds. The Balaban J connectivity index is 1.63. The number of hydrogen-bond acceptors (Lipinski definition) is 6. The number of carbonyl (C=O) groups is 2. The van der Waals surface area contributed by atoms with Gasteiger partial charge in [0.2, 0.25) is 5.91 Å². The number of rotatable bonds is 5. The predicted molar refractivity (Wildman–Crippen MR) is 106 cm³/mol. The number of carbonyl (C=O) groups excluding carboxylic acids is 2. The van der Waals surface area contributed by atoms with E-state index in [1.165, 1.54) is 7.11 Å². The molecule has 0 aliphatic carbocycles. The van der Waals surface area contributed by atoms with Crippen molar-refractivity contribution in [3.63, 3.8) is 0 Å². The van der Waals surface area contributed by atoms with Gasteiger partial charge in [-0.2, -0.15) is 0 Å². The number of benzene rings is 1. The van der Waals surface area contributed by atoms with E-state index >= 15 is 0 Å². The van der Waals surface area contributed by atoms with Crippen molar-refractivity contribution in [1.29, 1.82) is 0 Å². The molecule has 28 heavy (non-hydrogen) atoms. The third-order valence-corrected chi connectivity index (χ3v) is 4.70. The molecule has 1 aliphatic rings. The number of aromatic nitrogens is 1. The molecule has 1 aliphatic heterocycles. The summed E-state index contributed by atoms with van der Waals surface area (Å²) >= 11 is 0. The Morgan fingerprint density at radius 1 is 1.00 bits per heavy atom. The van der Waals surface area contributed by atoms with Crippen molar-refractivity contribution in [1.82, 2.24) is 9.88 Å². The minimum Gasteiger partial charge on any atom is -0.493 e.